The van der Waals surface area contributed by atoms with Gasteiger partial charge in [0, 0.05) is 6.54 Å². The molecule has 68 heavy (non-hydrogen) atoms. The fourth-order valence-electron chi connectivity index (χ4n) is 25.1. The van der Waals surface area contributed by atoms with Crippen LogP contribution in [0, 0.1) is 0 Å². The summed E-state index contributed by atoms with van der Waals surface area (Å²) in [6.45, 7) is 0.971. The standard InChI is InChI=1S/C67H7N/c1-2-4-7(5-3-1)6-68-66-62-54-46-36-26-18-10-8-9-12-16-14(10)22-30-24(16)34-28-20(12)21-13(9)17-15-11(8)19(18)27-33-23(15)31-25(17)35-29(21)39-38(28)48-42(34)52-44(30)50(40(46)32(22)26)58(62)60(52)64-56(48)57-49(39)43(35)53-45(31)51-41(33)47(37(27)36)55(54)63(66)59(51)61(53)65(57)67(64,66)68/h1-5H,6H2. The molecule has 29 aromatic carbocycles. The predicted molar refractivity (Wildman–Crippen MR) is 286 cm³/mol. The molecule has 29 aromatic rings. The highest BCUT2D eigenvalue weighted by atomic mass is 15.5. The zero-order valence-electron chi connectivity index (χ0n) is 34.5. The monoisotopic (exact) mass is 825 g/mol. The van der Waals surface area contributed by atoms with Crippen LogP contribution in [0.1, 0.15) is 27.8 Å². The van der Waals surface area contributed by atoms with Crippen LogP contribution in [-0.2, 0) is 17.6 Å². The van der Waals surface area contributed by atoms with E-state index < -0.39 is 0 Å². The van der Waals surface area contributed by atoms with Gasteiger partial charge in [0.2, 0.25) is 0 Å². The van der Waals surface area contributed by atoms with Crippen LogP contribution in [0.5, 0.6) is 0 Å². The Kier molecular flexibility index (Phi) is 1.95. The normalized spacial score (nSPS) is 23.6. The molecule has 34 rings (SSSR count). The largest absolute Gasteiger partial charge is 0.267 e. The lowest BCUT2D eigenvalue weighted by Crippen LogP contribution is -2.27. The van der Waals surface area contributed by atoms with Gasteiger partial charge in [0.1, 0.15) is 11.1 Å². The van der Waals surface area contributed by atoms with E-state index >= 15 is 0 Å². The number of rotatable bonds is 2. The van der Waals surface area contributed by atoms with E-state index in [4.69, 9.17) is 0 Å². The summed E-state index contributed by atoms with van der Waals surface area (Å²) < 4.78 is 0. The minimum Gasteiger partial charge on any atom is -0.267 e. The van der Waals surface area contributed by atoms with Crippen LogP contribution in [0.2, 0.25) is 0 Å². The molecule has 0 amide bonds. The van der Waals surface area contributed by atoms with Crippen molar-refractivity contribution in [1.82, 2.24) is 4.90 Å². The molecule has 0 atom stereocenters. The molecule has 0 aromatic heterocycles. The second kappa shape index (κ2) is 5.42. The van der Waals surface area contributed by atoms with E-state index in [-0.39, 0.29) is 11.1 Å². The van der Waals surface area contributed by atoms with Crippen LogP contribution >= 0.6 is 0 Å². The van der Waals surface area contributed by atoms with Crippen molar-refractivity contribution >= 4 is 291 Å². The van der Waals surface area contributed by atoms with Crippen molar-refractivity contribution in [3.63, 3.8) is 0 Å². The molecule has 280 valence electrons. The van der Waals surface area contributed by atoms with Gasteiger partial charge >= 0.3 is 0 Å². The lowest BCUT2D eigenvalue weighted by Gasteiger charge is -2.30. The zero-order chi connectivity index (χ0) is 39.9. The highest BCUT2D eigenvalue weighted by molar-refractivity contribution is 6.82. The summed E-state index contributed by atoms with van der Waals surface area (Å²) in [6.07, 6.45) is 0. The Morgan fingerprint density at radius 2 is 0.338 bits per heavy atom. The molecule has 1 nitrogen and oxygen atoms in total. The number of benzene rings is 19. The third-order valence-corrected chi connectivity index (χ3v) is 25.2. The lowest BCUT2D eigenvalue weighted by molar-refractivity contribution is 0.423. The van der Waals surface area contributed by atoms with Crippen molar-refractivity contribution in [2.45, 2.75) is 17.6 Å². The van der Waals surface area contributed by atoms with Gasteiger partial charge in [-0.15, -0.1) is 0 Å². The summed E-state index contributed by atoms with van der Waals surface area (Å²) in [7, 11) is 0. The third kappa shape index (κ3) is 1.24. The first kappa shape index (κ1) is 24.4. The van der Waals surface area contributed by atoms with E-state index in [0.29, 0.717) is 0 Å². The quantitative estimate of drug-likeness (QED) is 0.124. The Morgan fingerprint density at radius 3 is 0.500 bits per heavy atom. The SMILES string of the molecule is c1ccc(CN2C34c5c6c7c8c9c%10c(c%11c%12c3c3c5c5c%13c6c6c7c7c9c9c%14c%10c%10c%11c%11c%12c%12c3c3c5c5c%13c%13c6c6c7c9c7c9c%14c%10c%10c%11c%11c%12c3c3c5c5c%13c6c7c6c9c%10c%11c3c56)C824)cc1. The van der Waals surface area contributed by atoms with Gasteiger partial charge in [-0.25, -0.2) is 0 Å². The van der Waals surface area contributed by atoms with Gasteiger partial charge < -0.3 is 0 Å². The number of nitrogens with zero attached hydrogens (tertiary/aromatic N) is 1. The van der Waals surface area contributed by atoms with Crippen LogP contribution in [0.3, 0.4) is 0 Å². The molecule has 1 fully saturated rings. The van der Waals surface area contributed by atoms with E-state index in [1.807, 2.05) is 0 Å². The number of hydrogen-bond acceptors (Lipinski definition) is 1. The Balaban J connectivity index is 1.18. The molecule has 4 aliphatic carbocycles. The van der Waals surface area contributed by atoms with Crippen LogP contribution in [0.25, 0.3) is 291 Å². The fourth-order valence-corrected chi connectivity index (χ4v) is 25.1. The smallest absolute Gasteiger partial charge is 0.103 e. The van der Waals surface area contributed by atoms with Crippen molar-refractivity contribution in [2.75, 3.05) is 0 Å². The highest BCUT2D eigenvalue weighted by Crippen LogP contribution is 2.90. The molecule has 0 N–H and O–H groups in total. The van der Waals surface area contributed by atoms with Gasteiger partial charge in [-0.2, -0.15) is 0 Å². The van der Waals surface area contributed by atoms with Crippen molar-refractivity contribution in [1.29, 1.82) is 0 Å². The molecular weight excluding hydrogens is 819 g/mol. The molecule has 5 aliphatic rings. The summed E-state index contributed by atoms with van der Waals surface area (Å²) in [5.41, 5.74) is 7.99. The van der Waals surface area contributed by atoms with Gasteiger partial charge in [0.15, 0.2) is 0 Å². The average molecular weight is 826 g/mol. The van der Waals surface area contributed by atoms with Gasteiger partial charge in [-0.3, -0.25) is 4.90 Å². The second-order valence-corrected chi connectivity index (χ2v) is 25.2. The lowest BCUT2D eigenvalue weighted by atomic mass is 9.68. The van der Waals surface area contributed by atoms with Crippen LogP contribution in [0.4, 0.5) is 0 Å². The molecule has 1 saturated heterocycles. The Bertz CT molecular complexity index is 6720. The maximum absolute atomic E-state index is 3.20. The third-order valence-electron chi connectivity index (χ3n) is 25.2. The Labute approximate surface area is 369 Å². The molecule has 1 heteroatoms. The Morgan fingerprint density at radius 1 is 0.191 bits per heavy atom. The first-order chi connectivity index (χ1) is 33.9. The minimum absolute atomic E-state index is 0.242. The van der Waals surface area contributed by atoms with Gasteiger partial charge in [0.05, 0.1) is 0 Å². The fraction of sp³-hybridized carbons (Fsp3) is 0.0448. The highest BCUT2D eigenvalue weighted by Gasteiger charge is 2.85. The summed E-state index contributed by atoms with van der Waals surface area (Å²) in [5, 5.41) is 90.4. The van der Waals surface area contributed by atoms with E-state index in [9.17, 15) is 0 Å². The summed E-state index contributed by atoms with van der Waals surface area (Å²) in [4.78, 5) is 3.20. The maximum Gasteiger partial charge on any atom is 0.103 e. The van der Waals surface area contributed by atoms with Crippen LogP contribution in [-0.4, -0.2) is 4.90 Å². The van der Waals surface area contributed by atoms with E-state index in [1.165, 1.54) is 5.56 Å². The van der Waals surface area contributed by atoms with Gasteiger partial charge in [-0.05, 0) is 319 Å². The summed E-state index contributed by atoms with van der Waals surface area (Å²) in [6, 6.07) is 11.8. The molecule has 0 saturated carbocycles. The van der Waals surface area contributed by atoms with Crippen molar-refractivity contribution in [3.8, 4) is 0 Å². The minimum atomic E-state index is -0.242. The number of hydrogen-bond donors (Lipinski definition) is 0. The molecular formula is C67H7N. The average Bonchev–Trinajstić information content (AvgIpc) is 4.28. The molecule has 1 heterocycles. The predicted octanol–water partition coefficient (Wildman–Crippen LogP) is 17.7. The van der Waals surface area contributed by atoms with Crippen LogP contribution < -0.4 is 0 Å². The van der Waals surface area contributed by atoms with Gasteiger partial charge in [0.25, 0.3) is 0 Å². The molecule has 0 bridgehead atoms. The topological polar surface area (TPSA) is 3.01 Å². The maximum atomic E-state index is 3.20. The van der Waals surface area contributed by atoms with E-state index in [0.717, 1.165) is 6.54 Å². The zero-order valence-corrected chi connectivity index (χ0v) is 34.5. The van der Waals surface area contributed by atoms with Gasteiger partial charge in [-0.1, -0.05) is 30.3 Å². The Hall–Kier alpha value is -8.36. The molecule has 2 spiro atoms. The summed E-state index contributed by atoms with van der Waals surface area (Å²) in [5.74, 6) is 0. The molecule has 0 radical (unpaired) electrons. The summed E-state index contributed by atoms with van der Waals surface area (Å²) >= 11 is 0. The first-order valence-corrected chi connectivity index (χ1v) is 25.5. The molecule has 1 aliphatic heterocycles. The van der Waals surface area contributed by atoms with Crippen molar-refractivity contribution in [3.05, 3.63) is 58.1 Å². The molecule has 0 unspecified atom stereocenters. The van der Waals surface area contributed by atoms with Crippen LogP contribution in [0.15, 0.2) is 30.3 Å². The van der Waals surface area contributed by atoms with Crippen molar-refractivity contribution in [2.24, 2.45) is 0 Å². The first-order valence-electron chi connectivity index (χ1n) is 25.5. The van der Waals surface area contributed by atoms with E-state index in [1.54, 1.807) is 313 Å². The van der Waals surface area contributed by atoms with Crippen molar-refractivity contribution < 1.29 is 0 Å². The van der Waals surface area contributed by atoms with E-state index in [2.05, 4.69) is 35.2 Å². The second-order valence-electron chi connectivity index (χ2n) is 25.2.